The molecule has 0 N–H and O–H groups in total. The Morgan fingerprint density at radius 1 is 0.556 bits per heavy atom. The minimum Gasteiger partial charge on any atom is -0.256 e. The minimum atomic E-state index is 0.807. The Morgan fingerprint density at radius 3 is 1.78 bits per heavy atom. The first-order valence-electron chi connectivity index (χ1n) is 11.4. The molecule has 0 spiro atoms. The molecule has 4 heterocycles. The molecule has 0 atom stereocenters. The van der Waals surface area contributed by atoms with Crippen LogP contribution < -0.4 is 4.98 Å². The van der Waals surface area contributed by atoms with E-state index in [0.29, 0.717) is 0 Å². The van der Waals surface area contributed by atoms with E-state index < -0.39 is 0 Å². The first-order chi connectivity index (χ1) is 17.9. The van der Waals surface area contributed by atoms with Crippen LogP contribution in [0.25, 0.3) is 55.9 Å². The maximum atomic E-state index is 4.57. The molecule has 0 unspecified atom stereocenters. The van der Waals surface area contributed by atoms with Crippen molar-refractivity contribution in [3.63, 3.8) is 0 Å². The molecule has 4 aromatic heterocycles. The molecule has 2 aromatic carbocycles. The Labute approximate surface area is 208 Å². The zero-order chi connectivity index (χ0) is 24.2. The summed E-state index contributed by atoms with van der Waals surface area (Å²) in [6.45, 7) is 0. The summed E-state index contributed by atoms with van der Waals surface area (Å²) in [5.74, 6) is 0. The number of benzene rings is 2. The summed E-state index contributed by atoms with van der Waals surface area (Å²) >= 11 is 0. The Balaban J connectivity index is 1.53. The molecule has 0 saturated heterocycles. The monoisotopic (exact) mass is 463 g/mol. The Kier molecular flexibility index (Phi) is 5.63. The van der Waals surface area contributed by atoms with Crippen LogP contribution in [0.4, 0.5) is 0 Å². The van der Waals surface area contributed by atoms with Crippen LogP contribution in [0, 0.1) is 6.20 Å². The second-order valence-corrected chi connectivity index (χ2v) is 8.13. The third-order valence-corrected chi connectivity index (χ3v) is 5.93. The van der Waals surface area contributed by atoms with Gasteiger partial charge >= 0.3 is 6.33 Å². The Morgan fingerprint density at radius 2 is 1.19 bits per heavy atom. The van der Waals surface area contributed by atoms with Crippen molar-refractivity contribution in [1.82, 2.24) is 24.9 Å². The summed E-state index contributed by atoms with van der Waals surface area (Å²) in [6, 6.07) is 24.5. The highest BCUT2D eigenvalue weighted by Crippen LogP contribution is 2.37. The number of hydrogen-bond acceptors (Lipinski definition) is 5. The molecule has 6 heteroatoms. The van der Waals surface area contributed by atoms with E-state index in [2.05, 4.69) is 72.5 Å². The number of pyridine rings is 2. The van der Waals surface area contributed by atoms with Crippen molar-refractivity contribution >= 4 is 0 Å². The van der Waals surface area contributed by atoms with E-state index in [1.165, 1.54) is 12.7 Å². The summed E-state index contributed by atoms with van der Waals surface area (Å²) in [6.07, 6.45) is 15.1. The van der Waals surface area contributed by atoms with Gasteiger partial charge in [0.1, 0.15) is 11.9 Å². The third-order valence-electron chi connectivity index (χ3n) is 5.93. The number of aromatic nitrogens is 6. The van der Waals surface area contributed by atoms with Gasteiger partial charge in [-0.25, -0.2) is 9.97 Å². The Bertz CT molecular complexity index is 1480. The molecule has 0 saturated carbocycles. The molecule has 6 rings (SSSR count). The summed E-state index contributed by atoms with van der Waals surface area (Å²) < 4.78 is 0. The van der Waals surface area contributed by atoms with Gasteiger partial charge in [0.25, 0.3) is 0 Å². The summed E-state index contributed by atoms with van der Waals surface area (Å²) in [4.78, 5) is 25.9. The van der Waals surface area contributed by atoms with Crippen LogP contribution in [-0.2, 0) is 0 Å². The van der Waals surface area contributed by atoms with Crippen LogP contribution >= 0.6 is 0 Å². The molecule has 0 aliphatic heterocycles. The van der Waals surface area contributed by atoms with E-state index in [0.717, 1.165) is 55.9 Å². The molecule has 36 heavy (non-hydrogen) atoms. The van der Waals surface area contributed by atoms with Gasteiger partial charge in [0, 0.05) is 47.0 Å². The quantitative estimate of drug-likeness (QED) is 0.341. The molecular formula is C30H19N6+. The topological polar surface area (TPSA) is 78.6 Å². The van der Waals surface area contributed by atoms with E-state index in [1.54, 1.807) is 18.6 Å². The maximum absolute atomic E-state index is 4.57. The first-order valence-corrected chi connectivity index (χ1v) is 11.4. The van der Waals surface area contributed by atoms with Crippen molar-refractivity contribution < 1.29 is 4.98 Å². The van der Waals surface area contributed by atoms with Crippen molar-refractivity contribution in [1.29, 1.82) is 0 Å². The van der Waals surface area contributed by atoms with E-state index in [4.69, 9.17) is 0 Å². The number of nitrogens with zero attached hydrogens (tertiary/aromatic N) is 6. The molecule has 0 bridgehead atoms. The van der Waals surface area contributed by atoms with Gasteiger partial charge in [-0.15, -0.1) is 0 Å². The average molecular weight is 464 g/mol. The van der Waals surface area contributed by atoms with Crippen LogP contribution in [0.3, 0.4) is 0 Å². The predicted octanol–water partition coefficient (Wildman–Crippen LogP) is 5.40. The fraction of sp³-hybridized carbons (Fsp3) is 0. The van der Waals surface area contributed by atoms with Crippen molar-refractivity contribution in [2.24, 2.45) is 0 Å². The van der Waals surface area contributed by atoms with E-state index in [-0.39, 0.29) is 0 Å². The van der Waals surface area contributed by atoms with Crippen molar-refractivity contribution in [3.05, 3.63) is 123 Å². The Hall–Kier alpha value is -5.28. The van der Waals surface area contributed by atoms with Crippen molar-refractivity contribution in [2.75, 3.05) is 0 Å². The van der Waals surface area contributed by atoms with E-state index in [9.17, 15) is 0 Å². The summed E-state index contributed by atoms with van der Waals surface area (Å²) in [5, 5.41) is 0. The SMILES string of the molecule is c1c(-c2cc(-c3ccc(-c4ccccn4)c(-c4cncnc4)c3)ccc2-c2ccccn2)cnc[n+]#1. The zero-order valence-corrected chi connectivity index (χ0v) is 19.2. The fourth-order valence-electron chi connectivity index (χ4n) is 4.24. The van der Waals surface area contributed by atoms with Gasteiger partial charge in [-0.05, 0) is 58.1 Å². The summed E-state index contributed by atoms with van der Waals surface area (Å²) in [5.41, 5.74) is 9.59. The lowest BCUT2D eigenvalue weighted by Gasteiger charge is -2.14. The standard InChI is InChI=1S/C30H19N6/c1-3-11-35-29(5-1)25-9-7-21(13-27(25)23-15-31-19-32-16-23)22-8-10-26(30-6-2-4-12-36-30)28(14-22)24-17-33-20-34-18-24/h1-17,19-20H/q+1. The van der Waals surface area contributed by atoms with Crippen molar-refractivity contribution in [2.45, 2.75) is 0 Å². The maximum Gasteiger partial charge on any atom is 0.390 e. The molecule has 0 amide bonds. The van der Waals surface area contributed by atoms with Gasteiger partial charge in [-0.2, -0.15) is 4.98 Å². The molecule has 0 radical (unpaired) electrons. The smallest absolute Gasteiger partial charge is 0.256 e. The first kappa shape index (κ1) is 21.3. The number of rotatable bonds is 5. The lowest BCUT2D eigenvalue weighted by Crippen LogP contribution is -1.95. The van der Waals surface area contributed by atoms with Crippen LogP contribution in [0.15, 0.2) is 116 Å². The average Bonchev–Trinajstić information content (AvgIpc) is 2.98. The fourth-order valence-corrected chi connectivity index (χ4v) is 4.24. The molecule has 6 aromatic rings. The predicted molar refractivity (Wildman–Crippen MR) is 137 cm³/mol. The van der Waals surface area contributed by atoms with Crippen molar-refractivity contribution in [3.8, 4) is 55.9 Å². The minimum absolute atomic E-state index is 0.807. The van der Waals surface area contributed by atoms with Crippen LogP contribution in [0.1, 0.15) is 0 Å². The van der Waals surface area contributed by atoms with Gasteiger partial charge in [-0.3, -0.25) is 9.97 Å². The van der Waals surface area contributed by atoms with Gasteiger partial charge in [0.15, 0.2) is 12.4 Å². The lowest BCUT2D eigenvalue weighted by molar-refractivity contribution is -0.298. The number of hydrogen-bond donors (Lipinski definition) is 0. The van der Waals surface area contributed by atoms with Gasteiger partial charge in [0.2, 0.25) is 0 Å². The van der Waals surface area contributed by atoms with Gasteiger partial charge in [-0.1, -0.05) is 36.4 Å². The molecular weight excluding hydrogens is 444 g/mol. The highest BCUT2D eigenvalue weighted by Gasteiger charge is 2.15. The van der Waals surface area contributed by atoms with E-state index >= 15 is 0 Å². The normalized spacial score (nSPS) is 10.6. The molecule has 0 aliphatic rings. The van der Waals surface area contributed by atoms with Crippen LogP contribution in [0.2, 0.25) is 0 Å². The highest BCUT2D eigenvalue weighted by atomic mass is 14.8. The second kappa shape index (κ2) is 9.53. The molecule has 168 valence electrons. The third kappa shape index (κ3) is 4.17. The van der Waals surface area contributed by atoms with Gasteiger partial charge in [0.05, 0.1) is 11.4 Å². The van der Waals surface area contributed by atoms with E-state index in [1.807, 2.05) is 48.8 Å². The van der Waals surface area contributed by atoms with Crippen LogP contribution in [0.5, 0.6) is 0 Å². The lowest BCUT2D eigenvalue weighted by atomic mass is 9.91. The van der Waals surface area contributed by atoms with Gasteiger partial charge < -0.3 is 0 Å². The molecule has 0 fully saturated rings. The zero-order valence-electron chi connectivity index (χ0n) is 19.2. The molecule has 0 aliphatic carbocycles. The molecule has 6 nitrogen and oxygen atoms in total. The second-order valence-electron chi connectivity index (χ2n) is 8.13. The summed E-state index contributed by atoms with van der Waals surface area (Å²) in [7, 11) is 0. The largest absolute Gasteiger partial charge is 0.390 e. The highest BCUT2D eigenvalue weighted by molar-refractivity contribution is 5.88. The van der Waals surface area contributed by atoms with Crippen LogP contribution in [-0.4, -0.2) is 24.9 Å².